The molecule has 1 fully saturated rings. The Balaban J connectivity index is 1.26. The number of aryl methyl sites for hydroxylation is 1. The highest BCUT2D eigenvalue weighted by Crippen LogP contribution is 2.33. The van der Waals surface area contributed by atoms with Crippen molar-refractivity contribution in [1.82, 2.24) is 25.5 Å². The molecule has 36 heavy (non-hydrogen) atoms. The molecule has 1 amide bonds. The molecule has 1 aliphatic heterocycles. The second-order valence-electron chi connectivity index (χ2n) is 9.42. The van der Waals surface area contributed by atoms with Crippen LogP contribution in [0.5, 0.6) is 0 Å². The molecule has 4 N–H and O–H groups in total. The molecule has 3 aliphatic rings. The van der Waals surface area contributed by atoms with Crippen LogP contribution >= 0.6 is 23.4 Å². The number of rotatable bonds is 7. The van der Waals surface area contributed by atoms with Gasteiger partial charge in [0.1, 0.15) is 17.5 Å². The van der Waals surface area contributed by atoms with Crippen molar-refractivity contribution in [3.63, 3.8) is 0 Å². The molecule has 1 saturated heterocycles. The molecular formula is C25H28ClN7O2S. The summed E-state index contributed by atoms with van der Waals surface area (Å²) in [7, 11) is 0. The number of anilines is 3. The van der Waals surface area contributed by atoms with Gasteiger partial charge in [-0.15, -0.1) is 0 Å². The zero-order valence-corrected chi connectivity index (χ0v) is 21.7. The van der Waals surface area contributed by atoms with Gasteiger partial charge in [-0.25, -0.2) is 9.97 Å². The lowest BCUT2D eigenvalue weighted by Crippen LogP contribution is -2.60. The first-order valence-corrected chi connectivity index (χ1v) is 13.1. The Bertz CT molecular complexity index is 1290. The maximum atomic E-state index is 12.6. The van der Waals surface area contributed by atoms with Crippen molar-refractivity contribution < 1.29 is 9.90 Å². The number of aromatic amines is 1. The highest BCUT2D eigenvalue weighted by atomic mass is 35.5. The predicted molar refractivity (Wildman–Crippen MR) is 142 cm³/mol. The van der Waals surface area contributed by atoms with Crippen molar-refractivity contribution in [2.24, 2.45) is 0 Å². The quantitative estimate of drug-likeness (QED) is 0.399. The number of H-pyrrole nitrogens is 1. The lowest BCUT2D eigenvalue weighted by Gasteiger charge is -2.45. The molecule has 1 atom stereocenters. The molecule has 2 aromatic rings. The molecule has 1 unspecified atom stereocenters. The summed E-state index contributed by atoms with van der Waals surface area (Å²) < 4.78 is 0. The average molecular weight is 526 g/mol. The lowest BCUT2D eigenvalue weighted by molar-refractivity contribution is -0.116. The van der Waals surface area contributed by atoms with Crippen molar-refractivity contribution >= 4 is 46.7 Å². The fraction of sp³-hybridized carbons (Fsp3) is 0.360. The molecule has 0 spiro atoms. The SMILES string of the molecule is Cc1cc(Nc2cc(N3CC(C)(O)C3)nc(SC3C=CC(NC(=O)C4=C(Cl)CCC=C4)=CC3)n2)[nH]n1. The number of hydrogen-bond acceptors (Lipinski definition) is 8. The highest BCUT2D eigenvalue weighted by Gasteiger charge is 2.37. The second kappa shape index (κ2) is 10.1. The van der Waals surface area contributed by atoms with Crippen LogP contribution in [0.2, 0.25) is 0 Å². The number of nitrogens with one attached hydrogen (secondary N) is 3. The monoisotopic (exact) mass is 525 g/mol. The molecule has 3 heterocycles. The van der Waals surface area contributed by atoms with E-state index in [0.717, 1.165) is 29.4 Å². The molecule has 2 aromatic heterocycles. The standard InChI is InChI=1S/C25H28ClN7O2S/c1-15-11-21(32-31-15)28-20-12-22(33-13-25(2,35)14-33)30-24(29-20)36-17-9-7-16(8-10-17)27-23(34)18-5-3-4-6-19(18)26/h3,5,7-9,11-12,17,35H,4,6,10,13-14H2,1-2H3,(H,27,34)(H2,28,29,30,31,32). The number of allylic oxidation sites excluding steroid dienone is 4. The van der Waals surface area contributed by atoms with Gasteiger partial charge in [-0.2, -0.15) is 5.10 Å². The van der Waals surface area contributed by atoms with E-state index in [0.29, 0.717) is 47.5 Å². The van der Waals surface area contributed by atoms with Crippen LogP contribution in [0.15, 0.2) is 64.0 Å². The van der Waals surface area contributed by atoms with Crippen LogP contribution in [0.1, 0.15) is 31.9 Å². The zero-order valence-electron chi connectivity index (χ0n) is 20.1. The number of carbonyl (C=O) groups is 1. The Morgan fingerprint density at radius 3 is 2.81 bits per heavy atom. The number of thioether (sulfide) groups is 1. The number of aromatic nitrogens is 4. The summed E-state index contributed by atoms with van der Waals surface area (Å²) in [6, 6.07) is 3.78. The van der Waals surface area contributed by atoms with Gasteiger partial charge in [0.2, 0.25) is 0 Å². The first kappa shape index (κ1) is 24.6. The number of hydrogen-bond donors (Lipinski definition) is 4. The van der Waals surface area contributed by atoms with Gasteiger partial charge in [0.25, 0.3) is 5.91 Å². The number of amides is 1. The summed E-state index contributed by atoms with van der Waals surface area (Å²) in [4.78, 5) is 24.0. The summed E-state index contributed by atoms with van der Waals surface area (Å²) in [5, 5.41) is 24.8. The maximum absolute atomic E-state index is 12.6. The van der Waals surface area contributed by atoms with Crippen LogP contribution in [0.4, 0.5) is 17.5 Å². The summed E-state index contributed by atoms with van der Waals surface area (Å²) in [5.74, 6) is 1.95. The Labute approximate surface area is 218 Å². The summed E-state index contributed by atoms with van der Waals surface area (Å²) >= 11 is 7.77. The minimum absolute atomic E-state index is 0.111. The molecule has 11 heteroatoms. The molecule has 0 aromatic carbocycles. The van der Waals surface area contributed by atoms with Gasteiger partial charge in [-0.3, -0.25) is 9.89 Å². The number of nitrogens with zero attached hydrogens (tertiary/aromatic N) is 4. The van der Waals surface area contributed by atoms with Crippen LogP contribution in [0, 0.1) is 6.92 Å². The van der Waals surface area contributed by atoms with Gasteiger partial charge in [0.15, 0.2) is 5.16 Å². The van der Waals surface area contributed by atoms with Crippen LogP contribution < -0.4 is 15.5 Å². The smallest absolute Gasteiger partial charge is 0.256 e. The Morgan fingerprint density at radius 2 is 2.14 bits per heavy atom. The van der Waals surface area contributed by atoms with E-state index >= 15 is 0 Å². The van der Waals surface area contributed by atoms with E-state index < -0.39 is 5.60 Å². The van der Waals surface area contributed by atoms with Crippen LogP contribution in [-0.4, -0.2) is 55.1 Å². The minimum atomic E-state index is -0.711. The molecule has 0 bridgehead atoms. The van der Waals surface area contributed by atoms with Crippen molar-refractivity contribution in [3.05, 3.63) is 64.5 Å². The number of aliphatic hydroxyl groups is 1. The molecule has 188 valence electrons. The maximum Gasteiger partial charge on any atom is 0.256 e. The third-order valence-corrected chi connectivity index (χ3v) is 7.41. The number of halogens is 1. The van der Waals surface area contributed by atoms with E-state index in [4.69, 9.17) is 21.6 Å². The normalized spacial score (nSPS) is 20.7. The third-order valence-electron chi connectivity index (χ3n) is 5.97. The summed E-state index contributed by atoms with van der Waals surface area (Å²) in [6.45, 7) is 4.76. The predicted octanol–water partition coefficient (Wildman–Crippen LogP) is 4.09. The van der Waals surface area contributed by atoms with E-state index in [1.807, 2.05) is 55.2 Å². The minimum Gasteiger partial charge on any atom is -0.386 e. The molecule has 0 saturated carbocycles. The van der Waals surface area contributed by atoms with Crippen molar-refractivity contribution in [3.8, 4) is 0 Å². The molecule has 5 rings (SSSR count). The molecule has 2 aliphatic carbocycles. The molecular weight excluding hydrogens is 498 g/mol. The lowest BCUT2D eigenvalue weighted by atomic mass is 9.97. The van der Waals surface area contributed by atoms with Crippen LogP contribution in [-0.2, 0) is 4.79 Å². The van der Waals surface area contributed by atoms with Crippen LogP contribution in [0.25, 0.3) is 0 Å². The highest BCUT2D eigenvalue weighted by molar-refractivity contribution is 7.99. The zero-order chi connectivity index (χ0) is 25.3. The largest absolute Gasteiger partial charge is 0.386 e. The van der Waals surface area contributed by atoms with Gasteiger partial charge in [-0.05, 0) is 39.2 Å². The first-order valence-electron chi connectivity index (χ1n) is 11.8. The van der Waals surface area contributed by atoms with Gasteiger partial charge >= 0.3 is 0 Å². The fourth-order valence-electron chi connectivity index (χ4n) is 4.20. The van der Waals surface area contributed by atoms with E-state index in [1.54, 1.807) is 17.8 Å². The van der Waals surface area contributed by atoms with E-state index in [9.17, 15) is 9.90 Å². The topological polar surface area (TPSA) is 119 Å². The fourth-order valence-corrected chi connectivity index (χ4v) is 5.38. The van der Waals surface area contributed by atoms with Gasteiger partial charge < -0.3 is 20.6 Å². The number of carbonyl (C=O) groups excluding carboxylic acids is 1. The number of β-amino-alcohol motifs (C(OH)–C–C–N with tert-alkyl or cyclic N) is 1. The van der Waals surface area contributed by atoms with E-state index in [1.165, 1.54) is 0 Å². The van der Waals surface area contributed by atoms with E-state index in [2.05, 4.69) is 20.8 Å². The molecule has 0 radical (unpaired) electrons. The Hall–Kier alpha value is -3.08. The van der Waals surface area contributed by atoms with Crippen molar-refractivity contribution in [1.29, 1.82) is 0 Å². The molecule has 9 nitrogen and oxygen atoms in total. The van der Waals surface area contributed by atoms with Gasteiger partial charge in [0.05, 0.1) is 16.9 Å². The van der Waals surface area contributed by atoms with Crippen molar-refractivity contribution in [2.75, 3.05) is 23.3 Å². The van der Waals surface area contributed by atoms with Gasteiger partial charge in [-0.1, -0.05) is 47.7 Å². The second-order valence-corrected chi connectivity index (χ2v) is 11.1. The summed E-state index contributed by atoms with van der Waals surface area (Å²) in [6.07, 6.45) is 12.0. The first-order chi connectivity index (χ1) is 17.2. The summed E-state index contributed by atoms with van der Waals surface area (Å²) in [5.41, 5.74) is 1.44. The van der Waals surface area contributed by atoms with Gasteiger partial charge in [0, 0.05) is 41.2 Å². The Morgan fingerprint density at radius 1 is 1.31 bits per heavy atom. The van der Waals surface area contributed by atoms with Crippen molar-refractivity contribution in [2.45, 2.75) is 49.1 Å². The average Bonchev–Trinajstić information content (AvgIpc) is 3.23. The van der Waals surface area contributed by atoms with E-state index in [-0.39, 0.29) is 11.2 Å². The van der Waals surface area contributed by atoms with Crippen LogP contribution in [0.3, 0.4) is 0 Å². The third kappa shape index (κ3) is 5.83. The Kier molecular flexibility index (Phi) is 6.92.